The smallest absolute Gasteiger partial charge is 0.321 e. The zero-order valence-corrected chi connectivity index (χ0v) is 27.3. The summed E-state index contributed by atoms with van der Waals surface area (Å²) in [6.45, 7) is 10.2. The first-order chi connectivity index (χ1) is 22.3. The molecule has 2 aromatic heterocycles. The van der Waals surface area contributed by atoms with Crippen molar-refractivity contribution >= 4 is 23.5 Å². The maximum absolute atomic E-state index is 14.6. The molecule has 3 aliphatic rings. The second kappa shape index (κ2) is 12.5. The summed E-state index contributed by atoms with van der Waals surface area (Å²) in [5.74, 6) is 0.440. The normalized spacial score (nSPS) is 20.0. The van der Waals surface area contributed by atoms with Crippen LogP contribution in [0.1, 0.15) is 71.5 Å². The quantitative estimate of drug-likeness (QED) is 0.328. The van der Waals surface area contributed by atoms with Gasteiger partial charge in [0.1, 0.15) is 23.8 Å². The molecular weight excluding hydrogens is 609 g/mol. The van der Waals surface area contributed by atoms with E-state index < -0.39 is 23.6 Å². The van der Waals surface area contributed by atoms with Crippen LogP contribution in [0, 0.1) is 5.92 Å². The molecule has 1 atom stereocenters. The van der Waals surface area contributed by atoms with Gasteiger partial charge < -0.3 is 14.8 Å². The van der Waals surface area contributed by atoms with Crippen molar-refractivity contribution in [2.24, 2.45) is 13.0 Å². The number of hydrogen-bond donors (Lipinski definition) is 1. The molecule has 0 radical (unpaired) electrons. The van der Waals surface area contributed by atoms with Gasteiger partial charge >= 0.3 is 6.18 Å². The molecule has 1 saturated heterocycles. The number of nitrogens with zero attached hydrogens (tertiary/aromatic N) is 7. The molecule has 2 amide bonds. The molecule has 1 saturated carbocycles. The molecule has 0 bridgehead atoms. The molecular formula is C34H41F3N8O2. The number of likely N-dealkylation sites (N-methyl/N-ethyl adjacent to an activating group) is 1. The van der Waals surface area contributed by atoms with Crippen LogP contribution < -0.4 is 10.2 Å². The number of fused-ring (bicyclic) bond motifs is 1. The minimum absolute atomic E-state index is 0.0337. The van der Waals surface area contributed by atoms with Gasteiger partial charge in [-0.2, -0.15) is 13.2 Å². The van der Waals surface area contributed by atoms with Gasteiger partial charge in [-0.15, -0.1) is 10.2 Å². The van der Waals surface area contributed by atoms with Gasteiger partial charge in [0.05, 0.1) is 12.1 Å². The lowest BCUT2D eigenvalue weighted by Gasteiger charge is -2.42. The van der Waals surface area contributed by atoms with Gasteiger partial charge in [0.2, 0.25) is 5.91 Å². The number of anilines is 2. The van der Waals surface area contributed by atoms with Crippen LogP contribution in [0.3, 0.4) is 0 Å². The number of halogens is 3. The Balaban J connectivity index is 1.38. The SMILES string of the molecule is C=CC(=O)Nc1cc(C2(Cc3nncn3C)CCC2)cc(N2Cc3c(cc(CN4CCN(C)C[C@@H]4C(C)C)cc3C(F)(F)F)C2=O)n1. The third kappa shape index (κ3) is 6.42. The van der Waals surface area contributed by atoms with Gasteiger partial charge in [0.25, 0.3) is 5.91 Å². The second-order valence-corrected chi connectivity index (χ2v) is 13.6. The Morgan fingerprint density at radius 3 is 2.55 bits per heavy atom. The molecule has 1 aromatic carbocycles. The lowest BCUT2D eigenvalue weighted by Crippen LogP contribution is -2.53. The number of hydrogen-bond acceptors (Lipinski definition) is 7. The number of pyridine rings is 1. The van der Waals surface area contributed by atoms with Crippen LogP contribution in [-0.2, 0) is 42.9 Å². The van der Waals surface area contributed by atoms with E-state index in [1.54, 1.807) is 24.5 Å². The van der Waals surface area contributed by atoms with Crippen molar-refractivity contribution < 1.29 is 22.8 Å². The highest BCUT2D eigenvalue weighted by molar-refractivity contribution is 6.10. The molecule has 6 rings (SSSR count). The van der Waals surface area contributed by atoms with Crippen molar-refractivity contribution in [2.45, 2.75) is 70.3 Å². The third-order valence-corrected chi connectivity index (χ3v) is 10.0. The Hall–Kier alpha value is -4.10. The Bertz CT molecular complexity index is 1700. The standard InChI is InChI=1S/C34H41F3N8O2/c1-6-31(46)40-28-14-23(33(8-7-9-33)16-30-41-38-20-43(30)5)15-29(39-28)45-18-25-24(32(45)47)12-22(13-26(25)34(35,36)37)17-44-11-10-42(4)19-27(44)21(2)3/h6,12-15,20-21,27H,1,7-11,16-19H2,2-5H3,(H,39,40,46)/t27-/m1/s1. The highest BCUT2D eigenvalue weighted by Crippen LogP contribution is 2.48. The molecule has 47 heavy (non-hydrogen) atoms. The number of benzene rings is 1. The van der Waals surface area contributed by atoms with E-state index in [0.29, 0.717) is 24.4 Å². The number of amides is 2. The summed E-state index contributed by atoms with van der Waals surface area (Å²) in [6, 6.07) is 6.55. The van der Waals surface area contributed by atoms with Crippen LogP contribution >= 0.6 is 0 Å². The molecule has 0 unspecified atom stereocenters. The van der Waals surface area contributed by atoms with Gasteiger partial charge in [-0.1, -0.05) is 26.8 Å². The lowest BCUT2D eigenvalue weighted by atomic mass is 9.62. The van der Waals surface area contributed by atoms with E-state index in [9.17, 15) is 22.8 Å². The monoisotopic (exact) mass is 650 g/mol. The van der Waals surface area contributed by atoms with E-state index in [4.69, 9.17) is 0 Å². The Kier molecular flexibility index (Phi) is 8.73. The molecule has 2 aliphatic heterocycles. The number of carbonyl (C=O) groups excluding carboxylic acids is 2. The van der Waals surface area contributed by atoms with Gasteiger partial charge in [0, 0.05) is 56.7 Å². The summed E-state index contributed by atoms with van der Waals surface area (Å²) in [6.07, 6.45) is 1.30. The van der Waals surface area contributed by atoms with Gasteiger partial charge in [-0.05, 0) is 72.8 Å². The fraction of sp³-hybridized carbons (Fsp3) is 0.500. The lowest BCUT2D eigenvalue weighted by molar-refractivity contribution is -0.138. The maximum atomic E-state index is 14.6. The number of piperazine rings is 1. The van der Waals surface area contributed by atoms with Gasteiger partial charge in [-0.25, -0.2) is 4.98 Å². The van der Waals surface area contributed by atoms with Crippen LogP contribution in [-0.4, -0.2) is 74.1 Å². The van der Waals surface area contributed by atoms with E-state index in [2.05, 4.69) is 57.8 Å². The summed E-state index contributed by atoms with van der Waals surface area (Å²) in [5, 5.41) is 11.0. The van der Waals surface area contributed by atoms with E-state index in [1.165, 1.54) is 11.0 Å². The van der Waals surface area contributed by atoms with Crippen LogP contribution in [0.25, 0.3) is 0 Å². The molecule has 2 fully saturated rings. The number of nitrogens with one attached hydrogen (secondary N) is 1. The zero-order valence-electron chi connectivity index (χ0n) is 27.3. The fourth-order valence-corrected chi connectivity index (χ4v) is 7.19. The van der Waals surface area contributed by atoms with E-state index in [0.717, 1.165) is 56.4 Å². The largest absolute Gasteiger partial charge is 0.416 e. The molecule has 1 N–H and O–H groups in total. The van der Waals surface area contributed by atoms with Crippen molar-refractivity contribution in [2.75, 3.05) is 36.9 Å². The summed E-state index contributed by atoms with van der Waals surface area (Å²) in [7, 11) is 3.92. The third-order valence-electron chi connectivity index (χ3n) is 10.0. The predicted molar refractivity (Wildman–Crippen MR) is 172 cm³/mol. The Morgan fingerprint density at radius 1 is 1.17 bits per heavy atom. The zero-order chi connectivity index (χ0) is 33.7. The van der Waals surface area contributed by atoms with Crippen molar-refractivity contribution in [3.8, 4) is 0 Å². The van der Waals surface area contributed by atoms with Crippen molar-refractivity contribution in [1.29, 1.82) is 0 Å². The first-order valence-electron chi connectivity index (χ1n) is 16.0. The number of rotatable bonds is 9. The number of alkyl halides is 3. The average molecular weight is 651 g/mol. The molecule has 13 heteroatoms. The van der Waals surface area contributed by atoms with Crippen molar-refractivity contribution in [3.63, 3.8) is 0 Å². The minimum atomic E-state index is -4.65. The van der Waals surface area contributed by atoms with E-state index >= 15 is 0 Å². The average Bonchev–Trinajstić information content (AvgIpc) is 3.56. The molecule has 1 aliphatic carbocycles. The fourth-order valence-electron chi connectivity index (χ4n) is 7.19. The van der Waals surface area contributed by atoms with Crippen LogP contribution in [0.2, 0.25) is 0 Å². The maximum Gasteiger partial charge on any atom is 0.416 e. The number of carbonyl (C=O) groups is 2. The van der Waals surface area contributed by atoms with E-state index in [1.807, 2.05) is 11.6 Å². The van der Waals surface area contributed by atoms with Crippen molar-refractivity contribution in [1.82, 2.24) is 29.5 Å². The van der Waals surface area contributed by atoms with Crippen LogP contribution in [0.15, 0.2) is 43.2 Å². The van der Waals surface area contributed by atoms with Crippen molar-refractivity contribution in [3.05, 3.63) is 76.9 Å². The number of aryl methyl sites for hydroxylation is 1. The topological polar surface area (TPSA) is 99.5 Å². The molecule has 0 spiro atoms. The summed E-state index contributed by atoms with van der Waals surface area (Å²) in [4.78, 5) is 36.7. The molecule has 10 nitrogen and oxygen atoms in total. The second-order valence-electron chi connectivity index (χ2n) is 13.6. The van der Waals surface area contributed by atoms with Gasteiger partial charge in [0.15, 0.2) is 0 Å². The molecule has 3 aromatic rings. The first-order valence-corrected chi connectivity index (χ1v) is 16.0. The molecule has 4 heterocycles. The Morgan fingerprint density at radius 2 is 1.94 bits per heavy atom. The first kappa shape index (κ1) is 32.8. The van der Waals surface area contributed by atoms with Crippen LogP contribution in [0.4, 0.5) is 24.8 Å². The highest BCUT2D eigenvalue weighted by atomic mass is 19.4. The van der Waals surface area contributed by atoms with Gasteiger partial charge in [-0.3, -0.25) is 19.4 Å². The van der Waals surface area contributed by atoms with E-state index in [-0.39, 0.29) is 40.8 Å². The highest BCUT2D eigenvalue weighted by Gasteiger charge is 2.44. The molecule has 250 valence electrons. The Labute approximate surface area is 272 Å². The van der Waals surface area contributed by atoms with Crippen LogP contribution in [0.5, 0.6) is 0 Å². The summed E-state index contributed by atoms with van der Waals surface area (Å²) in [5.41, 5.74) is 0.0927. The number of aromatic nitrogens is 4. The minimum Gasteiger partial charge on any atom is -0.321 e. The predicted octanol–water partition coefficient (Wildman–Crippen LogP) is 4.95. The summed E-state index contributed by atoms with van der Waals surface area (Å²) >= 11 is 0. The summed E-state index contributed by atoms with van der Waals surface area (Å²) < 4.78 is 45.7.